The Kier molecular flexibility index (Phi) is 5.88. The topological polar surface area (TPSA) is 89.3 Å². The Labute approximate surface area is 149 Å². The lowest BCUT2D eigenvalue weighted by Crippen LogP contribution is -2.24. The predicted molar refractivity (Wildman–Crippen MR) is 93.8 cm³/mol. The molecule has 0 aliphatic rings. The van der Waals surface area contributed by atoms with Crippen LogP contribution in [0.1, 0.15) is 33.2 Å². The number of ketones is 1. The van der Waals surface area contributed by atoms with Gasteiger partial charge in [0.2, 0.25) is 0 Å². The fourth-order valence-corrected chi connectivity index (χ4v) is 2.16. The molecule has 2 aromatic carbocycles. The van der Waals surface area contributed by atoms with E-state index in [1.54, 1.807) is 24.3 Å². The van der Waals surface area contributed by atoms with Crippen LogP contribution in [-0.4, -0.2) is 23.2 Å². The van der Waals surface area contributed by atoms with Crippen molar-refractivity contribution < 1.29 is 14.5 Å². The van der Waals surface area contributed by atoms with Gasteiger partial charge in [-0.05, 0) is 25.1 Å². The number of carbonyl (C=O) groups is 2. The van der Waals surface area contributed by atoms with E-state index in [1.807, 2.05) is 0 Å². The van der Waals surface area contributed by atoms with Crippen LogP contribution in [0.5, 0.6) is 0 Å². The lowest BCUT2D eigenvalue weighted by atomic mass is 10.1. The van der Waals surface area contributed by atoms with Crippen LogP contribution in [0.4, 0.5) is 5.69 Å². The third-order valence-electron chi connectivity index (χ3n) is 3.27. The van der Waals surface area contributed by atoms with Gasteiger partial charge in [0.05, 0.1) is 22.1 Å². The van der Waals surface area contributed by atoms with Gasteiger partial charge in [-0.2, -0.15) is 0 Å². The number of hydrogen-bond acceptors (Lipinski definition) is 4. The molecule has 0 radical (unpaired) electrons. The van der Waals surface area contributed by atoms with Crippen molar-refractivity contribution in [3.8, 4) is 11.8 Å². The second-order valence-corrected chi connectivity index (χ2v) is 5.45. The zero-order valence-corrected chi connectivity index (χ0v) is 14.0. The van der Waals surface area contributed by atoms with Gasteiger partial charge in [-0.15, -0.1) is 0 Å². The van der Waals surface area contributed by atoms with E-state index in [2.05, 4.69) is 17.2 Å². The Morgan fingerprint density at radius 2 is 1.88 bits per heavy atom. The molecule has 0 saturated heterocycles. The highest BCUT2D eigenvalue weighted by molar-refractivity contribution is 6.33. The maximum Gasteiger partial charge on any atom is 0.270 e. The third-order valence-corrected chi connectivity index (χ3v) is 3.60. The number of Topliss-reactive ketones (excluding diaryl/α,β-unsaturated/α-hetero) is 1. The number of nitro groups is 1. The fourth-order valence-electron chi connectivity index (χ4n) is 1.96. The minimum absolute atomic E-state index is 0.0171. The molecule has 0 fully saturated rings. The highest BCUT2D eigenvalue weighted by atomic mass is 35.5. The van der Waals surface area contributed by atoms with Gasteiger partial charge in [0.15, 0.2) is 5.78 Å². The monoisotopic (exact) mass is 356 g/mol. The Morgan fingerprint density at radius 3 is 2.48 bits per heavy atom. The molecule has 0 aliphatic carbocycles. The molecular formula is C18H13ClN2O4. The molecule has 6 nitrogen and oxygen atoms in total. The molecule has 0 bridgehead atoms. The number of nitrogens with one attached hydrogen (secondary N) is 1. The summed E-state index contributed by atoms with van der Waals surface area (Å²) in [6.45, 7) is 1.53. The van der Waals surface area contributed by atoms with E-state index in [1.165, 1.54) is 19.1 Å². The van der Waals surface area contributed by atoms with Gasteiger partial charge < -0.3 is 5.32 Å². The molecule has 1 amide bonds. The molecular weight excluding hydrogens is 344 g/mol. The van der Waals surface area contributed by atoms with Crippen LogP contribution < -0.4 is 5.32 Å². The molecule has 1 N–H and O–H groups in total. The number of nitrogens with zero attached hydrogens (tertiary/aromatic N) is 1. The van der Waals surface area contributed by atoms with Crippen molar-refractivity contribution in [3.05, 3.63) is 74.3 Å². The molecule has 0 unspecified atom stereocenters. The lowest BCUT2D eigenvalue weighted by molar-refractivity contribution is -0.384. The van der Waals surface area contributed by atoms with E-state index in [4.69, 9.17) is 11.6 Å². The number of halogens is 1. The van der Waals surface area contributed by atoms with E-state index in [0.29, 0.717) is 11.1 Å². The maximum absolute atomic E-state index is 12.0. The first-order valence-corrected chi connectivity index (χ1v) is 7.58. The highest BCUT2D eigenvalue weighted by Gasteiger charge is 2.15. The van der Waals surface area contributed by atoms with Crippen LogP contribution in [0.3, 0.4) is 0 Å². The van der Waals surface area contributed by atoms with Gasteiger partial charge in [-0.1, -0.05) is 35.6 Å². The smallest absolute Gasteiger partial charge is 0.270 e. The molecule has 0 atom stereocenters. The average molecular weight is 357 g/mol. The largest absolute Gasteiger partial charge is 0.341 e. The second-order valence-electron chi connectivity index (χ2n) is 5.04. The quantitative estimate of drug-likeness (QED) is 0.394. The molecule has 0 aromatic heterocycles. The number of nitro benzene ring substituents is 1. The van der Waals surface area contributed by atoms with Gasteiger partial charge in [-0.25, -0.2) is 0 Å². The summed E-state index contributed by atoms with van der Waals surface area (Å²) in [6, 6.07) is 10.4. The van der Waals surface area contributed by atoms with Crippen molar-refractivity contribution in [1.29, 1.82) is 0 Å². The van der Waals surface area contributed by atoms with E-state index in [0.717, 1.165) is 6.07 Å². The van der Waals surface area contributed by atoms with Crippen molar-refractivity contribution in [1.82, 2.24) is 5.32 Å². The van der Waals surface area contributed by atoms with Crippen LogP contribution in [-0.2, 0) is 0 Å². The van der Waals surface area contributed by atoms with E-state index < -0.39 is 10.8 Å². The zero-order valence-electron chi connectivity index (χ0n) is 13.2. The summed E-state index contributed by atoms with van der Waals surface area (Å²) in [5.41, 5.74) is 1.10. The maximum atomic E-state index is 12.0. The molecule has 25 heavy (non-hydrogen) atoms. The standard InChI is InChI=1S/C18H13ClN2O4/c1-12(22)14-6-4-13(5-7-14)3-2-10-20-18(23)16-11-15(21(24)25)8-9-17(16)19/h4-9,11H,10H2,1H3,(H,20,23). The molecule has 2 rings (SSSR count). The van der Waals surface area contributed by atoms with Gasteiger partial charge >= 0.3 is 0 Å². The van der Waals surface area contributed by atoms with Crippen LogP contribution >= 0.6 is 11.6 Å². The van der Waals surface area contributed by atoms with Crippen molar-refractivity contribution in [2.45, 2.75) is 6.92 Å². The Hall–Kier alpha value is -3.17. The minimum Gasteiger partial charge on any atom is -0.341 e. The molecule has 0 saturated carbocycles. The summed E-state index contributed by atoms with van der Waals surface area (Å²) < 4.78 is 0. The molecule has 0 aliphatic heterocycles. The number of amides is 1. The van der Waals surface area contributed by atoms with E-state index in [-0.39, 0.29) is 28.6 Å². The van der Waals surface area contributed by atoms with Gasteiger partial charge in [0, 0.05) is 23.3 Å². The molecule has 7 heteroatoms. The first-order chi connectivity index (χ1) is 11.9. The molecule has 126 valence electrons. The molecule has 0 heterocycles. The van der Waals surface area contributed by atoms with Gasteiger partial charge in [0.1, 0.15) is 0 Å². The van der Waals surface area contributed by atoms with E-state index >= 15 is 0 Å². The van der Waals surface area contributed by atoms with Gasteiger partial charge in [-0.3, -0.25) is 19.7 Å². The summed E-state index contributed by atoms with van der Waals surface area (Å²) in [6.07, 6.45) is 0. The number of carbonyl (C=O) groups excluding carboxylic acids is 2. The summed E-state index contributed by atoms with van der Waals surface area (Å²) in [7, 11) is 0. The number of benzene rings is 2. The number of non-ortho nitro benzene ring substituents is 1. The first kappa shape index (κ1) is 18.2. The third kappa shape index (κ3) is 4.90. The van der Waals surface area contributed by atoms with Crippen LogP contribution in [0.2, 0.25) is 5.02 Å². The van der Waals surface area contributed by atoms with Crippen molar-refractivity contribution >= 4 is 29.0 Å². The molecule has 2 aromatic rings. The first-order valence-electron chi connectivity index (χ1n) is 7.20. The minimum atomic E-state index is -0.600. The van der Waals surface area contributed by atoms with Crippen molar-refractivity contribution in [3.63, 3.8) is 0 Å². The fraction of sp³-hybridized carbons (Fsp3) is 0.111. The SMILES string of the molecule is CC(=O)c1ccc(C#CCNC(=O)c2cc([N+](=O)[O-])ccc2Cl)cc1. The number of rotatable bonds is 4. The Morgan fingerprint density at radius 1 is 1.20 bits per heavy atom. The average Bonchev–Trinajstić information content (AvgIpc) is 2.59. The summed E-state index contributed by atoms with van der Waals surface area (Å²) in [5, 5.41) is 13.4. The summed E-state index contributed by atoms with van der Waals surface area (Å²) in [5.74, 6) is 5.04. The Bertz CT molecular complexity index is 896. The van der Waals surface area contributed by atoms with Crippen LogP contribution in [0.25, 0.3) is 0 Å². The van der Waals surface area contributed by atoms with Crippen LogP contribution in [0, 0.1) is 22.0 Å². The lowest BCUT2D eigenvalue weighted by Gasteiger charge is -2.03. The van der Waals surface area contributed by atoms with E-state index in [9.17, 15) is 19.7 Å². The van der Waals surface area contributed by atoms with Crippen molar-refractivity contribution in [2.24, 2.45) is 0 Å². The summed E-state index contributed by atoms with van der Waals surface area (Å²) in [4.78, 5) is 33.4. The van der Waals surface area contributed by atoms with Gasteiger partial charge in [0.25, 0.3) is 11.6 Å². The number of hydrogen-bond donors (Lipinski definition) is 1. The normalized spacial score (nSPS) is 9.68. The van der Waals surface area contributed by atoms with Crippen molar-refractivity contribution in [2.75, 3.05) is 6.54 Å². The Balaban J connectivity index is 2.00. The molecule has 0 spiro atoms. The van der Waals surface area contributed by atoms with Crippen LogP contribution in [0.15, 0.2) is 42.5 Å². The zero-order chi connectivity index (χ0) is 18.4. The summed E-state index contributed by atoms with van der Waals surface area (Å²) >= 11 is 5.90. The second kappa shape index (κ2) is 8.08. The highest BCUT2D eigenvalue weighted by Crippen LogP contribution is 2.21. The predicted octanol–water partition coefficient (Wildman–Crippen LogP) is 3.23.